The van der Waals surface area contributed by atoms with Gasteiger partial charge in [0.2, 0.25) is 0 Å². The van der Waals surface area contributed by atoms with Crippen LogP contribution in [0.5, 0.6) is 0 Å². The molecule has 3 unspecified atom stereocenters. The summed E-state index contributed by atoms with van der Waals surface area (Å²) in [4.78, 5) is 0. The Labute approximate surface area is 127 Å². The second-order valence-corrected chi connectivity index (χ2v) is 6.97. The van der Waals surface area contributed by atoms with Crippen molar-refractivity contribution in [1.29, 1.82) is 0 Å². The highest BCUT2D eigenvalue weighted by Crippen LogP contribution is 2.40. The zero-order valence-electron chi connectivity index (χ0n) is 14.7. The summed E-state index contributed by atoms with van der Waals surface area (Å²) in [7, 11) is 0. The topological polar surface area (TPSA) is 0 Å². The molecule has 0 amide bonds. The maximum atomic E-state index is 2.61. The number of hydrogen-bond donors (Lipinski definition) is 0. The molecule has 0 nitrogen and oxygen atoms in total. The predicted molar refractivity (Wildman–Crippen MR) is 91.9 cm³/mol. The molecule has 0 spiro atoms. The van der Waals surface area contributed by atoms with Crippen LogP contribution in [-0.2, 0) is 0 Å². The van der Waals surface area contributed by atoms with E-state index in [2.05, 4.69) is 53.7 Å². The Hall–Kier alpha value is -0.520. The normalized spacial score (nSPS) is 23.2. The monoisotopic (exact) mass is 276 g/mol. The van der Waals surface area contributed by atoms with Crippen LogP contribution in [0.4, 0.5) is 0 Å². The zero-order chi connectivity index (χ0) is 15.1. The van der Waals surface area contributed by atoms with E-state index in [-0.39, 0.29) is 0 Å². The maximum Gasteiger partial charge on any atom is -0.00158 e. The van der Waals surface area contributed by atoms with Gasteiger partial charge in [-0.05, 0) is 47.7 Å². The fraction of sp³-hybridized carbons (Fsp3) is 0.800. The van der Waals surface area contributed by atoms with E-state index in [9.17, 15) is 0 Å². The molecule has 1 rings (SSSR count). The van der Waals surface area contributed by atoms with Crippen molar-refractivity contribution >= 4 is 0 Å². The second-order valence-electron chi connectivity index (χ2n) is 6.97. The summed E-state index contributed by atoms with van der Waals surface area (Å²) < 4.78 is 0. The lowest BCUT2D eigenvalue weighted by atomic mass is 9.85. The first-order chi connectivity index (χ1) is 9.54. The molecular weight excluding hydrogens is 240 g/mol. The van der Waals surface area contributed by atoms with Gasteiger partial charge in [-0.2, -0.15) is 0 Å². The summed E-state index contributed by atoms with van der Waals surface area (Å²) in [5, 5.41) is 0. The molecular formula is C20H36. The van der Waals surface area contributed by atoms with E-state index in [4.69, 9.17) is 0 Å². The quantitative estimate of drug-likeness (QED) is 0.435. The van der Waals surface area contributed by atoms with Gasteiger partial charge in [-0.15, -0.1) is 0 Å². The largest absolute Gasteiger partial charge is 0.0736 e. The van der Waals surface area contributed by atoms with Crippen LogP contribution in [0, 0.1) is 23.7 Å². The van der Waals surface area contributed by atoms with Gasteiger partial charge in [0.1, 0.15) is 0 Å². The Balaban J connectivity index is 2.91. The van der Waals surface area contributed by atoms with Crippen molar-refractivity contribution in [3.63, 3.8) is 0 Å². The van der Waals surface area contributed by atoms with Crippen LogP contribution in [0.15, 0.2) is 23.3 Å². The summed E-state index contributed by atoms with van der Waals surface area (Å²) in [5.74, 6) is 2.97. The van der Waals surface area contributed by atoms with Gasteiger partial charge in [-0.25, -0.2) is 0 Å². The van der Waals surface area contributed by atoms with Gasteiger partial charge in [0.15, 0.2) is 0 Å². The first-order valence-electron chi connectivity index (χ1n) is 8.98. The third-order valence-electron chi connectivity index (χ3n) is 4.98. The van der Waals surface area contributed by atoms with Gasteiger partial charge in [-0.1, -0.05) is 79.4 Å². The van der Waals surface area contributed by atoms with Crippen molar-refractivity contribution in [1.82, 2.24) is 0 Å². The molecule has 0 fully saturated rings. The zero-order valence-corrected chi connectivity index (χ0v) is 14.7. The van der Waals surface area contributed by atoms with E-state index < -0.39 is 0 Å². The minimum atomic E-state index is 0.693. The van der Waals surface area contributed by atoms with Gasteiger partial charge in [0.25, 0.3) is 0 Å². The first kappa shape index (κ1) is 17.5. The van der Waals surface area contributed by atoms with Crippen molar-refractivity contribution in [2.75, 3.05) is 0 Å². The average molecular weight is 277 g/mol. The Bertz CT molecular complexity index is 306. The lowest BCUT2D eigenvalue weighted by molar-refractivity contribution is 0.456. The molecule has 0 aromatic carbocycles. The van der Waals surface area contributed by atoms with Crippen LogP contribution in [0.2, 0.25) is 0 Å². The van der Waals surface area contributed by atoms with E-state index >= 15 is 0 Å². The molecule has 20 heavy (non-hydrogen) atoms. The number of rotatable bonds is 9. The van der Waals surface area contributed by atoms with Crippen molar-refractivity contribution in [3.05, 3.63) is 23.3 Å². The minimum Gasteiger partial charge on any atom is -0.0736 e. The van der Waals surface area contributed by atoms with Crippen LogP contribution in [0.25, 0.3) is 0 Å². The van der Waals surface area contributed by atoms with Crippen LogP contribution in [0.3, 0.4) is 0 Å². The molecule has 1 aliphatic rings. The third-order valence-corrected chi connectivity index (χ3v) is 4.98. The summed E-state index contributed by atoms with van der Waals surface area (Å²) in [6.45, 7) is 14.2. The Morgan fingerprint density at radius 2 is 1.15 bits per heavy atom. The highest BCUT2D eigenvalue weighted by Gasteiger charge is 2.26. The van der Waals surface area contributed by atoms with E-state index in [0.717, 1.165) is 17.8 Å². The van der Waals surface area contributed by atoms with Gasteiger partial charge >= 0.3 is 0 Å². The van der Waals surface area contributed by atoms with E-state index in [1.54, 1.807) is 11.1 Å². The highest BCUT2D eigenvalue weighted by molar-refractivity contribution is 5.42. The smallest absolute Gasteiger partial charge is 0.00158 e. The van der Waals surface area contributed by atoms with Crippen LogP contribution in [0.1, 0.15) is 80.1 Å². The highest BCUT2D eigenvalue weighted by atomic mass is 14.3. The van der Waals surface area contributed by atoms with Crippen molar-refractivity contribution in [3.8, 4) is 0 Å². The van der Waals surface area contributed by atoms with Gasteiger partial charge in [0, 0.05) is 0 Å². The Morgan fingerprint density at radius 1 is 0.750 bits per heavy atom. The van der Waals surface area contributed by atoms with Gasteiger partial charge in [0.05, 0.1) is 0 Å². The number of hydrogen-bond acceptors (Lipinski definition) is 0. The van der Waals surface area contributed by atoms with Crippen LogP contribution >= 0.6 is 0 Å². The molecule has 0 bridgehead atoms. The molecule has 0 aromatic heterocycles. The second kappa shape index (κ2) is 8.70. The molecule has 116 valence electrons. The summed E-state index contributed by atoms with van der Waals surface area (Å²) in [6.07, 6.45) is 13.1. The number of allylic oxidation sites excluding steroid dienone is 4. The molecule has 0 saturated carbocycles. The Morgan fingerprint density at radius 3 is 1.50 bits per heavy atom. The Kier molecular flexibility index (Phi) is 7.62. The van der Waals surface area contributed by atoms with E-state index in [0.29, 0.717) is 5.92 Å². The summed E-state index contributed by atoms with van der Waals surface area (Å²) >= 11 is 0. The fourth-order valence-corrected chi connectivity index (χ4v) is 3.71. The van der Waals surface area contributed by atoms with Crippen LogP contribution in [-0.4, -0.2) is 0 Å². The third kappa shape index (κ3) is 4.50. The van der Waals surface area contributed by atoms with Crippen molar-refractivity contribution < 1.29 is 0 Å². The van der Waals surface area contributed by atoms with Gasteiger partial charge < -0.3 is 0 Å². The molecule has 0 N–H and O–H groups in total. The minimum absolute atomic E-state index is 0.693. The fourth-order valence-electron chi connectivity index (χ4n) is 3.71. The molecule has 1 aliphatic carbocycles. The molecule has 3 atom stereocenters. The van der Waals surface area contributed by atoms with Crippen molar-refractivity contribution in [2.45, 2.75) is 80.1 Å². The molecule has 0 saturated heterocycles. The maximum absolute atomic E-state index is 2.61. The van der Waals surface area contributed by atoms with Crippen LogP contribution < -0.4 is 0 Å². The summed E-state index contributed by atoms with van der Waals surface area (Å²) in [6, 6.07) is 0. The van der Waals surface area contributed by atoms with Crippen molar-refractivity contribution in [2.24, 2.45) is 23.7 Å². The molecule has 0 aromatic rings. The lowest BCUT2D eigenvalue weighted by Crippen LogP contribution is -2.06. The lowest BCUT2D eigenvalue weighted by Gasteiger charge is -2.20. The standard InChI is InChI=1S/C20H36/c1-7-10-15(4)18-13-19(16(5)11-8-2)20(14-18)17(6)12-9-3/h13-18H,7-12H2,1-6H3. The molecule has 0 heteroatoms. The predicted octanol–water partition coefficient (Wildman–Crippen LogP) is 6.78. The van der Waals surface area contributed by atoms with E-state index in [1.807, 2.05) is 0 Å². The molecule has 0 aliphatic heterocycles. The first-order valence-corrected chi connectivity index (χ1v) is 8.98. The average Bonchev–Trinajstić information content (AvgIpc) is 2.84. The summed E-state index contributed by atoms with van der Waals surface area (Å²) in [5.41, 5.74) is 3.36. The SMILES string of the molecule is CCCC(C)C1=CC(C(C)CCC)C=C1C(C)CCC. The molecule has 0 heterocycles. The van der Waals surface area contributed by atoms with E-state index in [1.165, 1.54) is 38.5 Å². The van der Waals surface area contributed by atoms with Gasteiger partial charge in [-0.3, -0.25) is 0 Å². The molecule has 0 radical (unpaired) electrons.